The molecule has 0 radical (unpaired) electrons. The number of ketones is 1. The fraction of sp³-hybridized carbons (Fsp3) is 0.250. The molecule has 0 aliphatic heterocycles. The van der Waals surface area contributed by atoms with Crippen LogP contribution in [0.3, 0.4) is 0 Å². The van der Waals surface area contributed by atoms with E-state index >= 15 is 0 Å². The number of aryl methyl sites for hydroxylation is 1. The van der Waals surface area contributed by atoms with Gasteiger partial charge in [-0.25, -0.2) is 9.67 Å². The summed E-state index contributed by atoms with van der Waals surface area (Å²) in [4.78, 5) is 29.9. The average molecular weight is 400 g/mol. The topological polar surface area (TPSA) is 76.9 Å². The fourth-order valence-corrected chi connectivity index (χ4v) is 3.82. The van der Waals surface area contributed by atoms with Crippen molar-refractivity contribution in [2.24, 2.45) is 0 Å². The van der Waals surface area contributed by atoms with Gasteiger partial charge in [-0.05, 0) is 38.0 Å². The van der Waals surface area contributed by atoms with Crippen LogP contribution in [0.2, 0.25) is 0 Å². The molecule has 0 spiro atoms. The van der Waals surface area contributed by atoms with Crippen LogP contribution in [0.1, 0.15) is 41.9 Å². The summed E-state index contributed by atoms with van der Waals surface area (Å²) in [6.45, 7) is 6.51. The Balaban J connectivity index is 1.60. The molecule has 2 aromatic heterocycles. The van der Waals surface area contributed by atoms with Gasteiger partial charge in [0.2, 0.25) is 0 Å². The molecular formula is C24H24N4O2. The molecule has 1 amide bonds. The standard InChI is InChI=1S/C24H24N4O2/c1-15-9-16(2)20(22(29)10-15)12-25-24(30)19-11-17(3)27-23-21(19)13-26-28(23)14-18-7-5-4-6-8-18/h4-9,11,13H,10,12,14H2,1-3H3,(H,25,30). The number of Topliss-reactive ketones (excluding diaryl/α,β-unsaturated/α-hetero) is 1. The average Bonchev–Trinajstić information content (AvgIpc) is 3.09. The first-order chi connectivity index (χ1) is 14.4. The van der Waals surface area contributed by atoms with Crippen molar-refractivity contribution < 1.29 is 9.59 Å². The highest BCUT2D eigenvalue weighted by Crippen LogP contribution is 2.22. The minimum atomic E-state index is -0.232. The van der Waals surface area contributed by atoms with Crippen LogP contribution in [0.4, 0.5) is 0 Å². The minimum absolute atomic E-state index is 0.0690. The summed E-state index contributed by atoms with van der Waals surface area (Å²) in [6.07, 6.45) is 4.10. The van der Waals surface area contributed by atoms with Gasteiger partial charge in [-0.3, -0.25) is 9.59 Å². The van der Waals surface area contributed by atoms with E-state index < -0.39 is 0 Å². The third kappa shape index (κ3) is 3.94. The number of nitrogens with one attached hydrogen (secondary N) is 1. The van der Waals surface area contributed by atoms with Crippen molar-refractivity contribution in [1.82, 2.24) is 20.1 Å². The lowest BCUT2D eigenvalue weighted by Gasteiger charge is -2.16. The quantitative estimate of drug-likeness (QED) is 0.708. The Hall–Kier alpha value is -3.54. The number of carbonyl (C=O) groups is 2. The molecule has 0 bridgehead atoms. The van der Waals surface area contributed by atoms with Gasteiger partial charge < -0.3 is 5.32 Å². The number of aromatic nitrogens is 3. The second kappa shape index (κ2) is 8.06. The summed E-state index contributed by atoms with van der Waals surface area (Å²) in [7, 11) is 0. The molecule has 0 saturated carbocycles. The zero-order valence-corrected chi connectivity index (χ0v) is 17.4. The first-order valence-corrected chi connectivity index (χ1v) is 9.98. The zero-order chi connectivity index (χ0) is 21.3. The number of pyridine rings is 1. The van der Waals surface area contributed by atoms with Crippen LogP contribution >= 0.6 is 0 Å². The Kier molecular flexibility index (Phi) is 5.31. The highest BCUT2D eigenvalue weighted by Gasteiger charge is 2.20. The first-order valence-electron chi connectivity index (χ1n) is 9.98. The predicted molar refractivity (Wildman–Crippen MR) is 116 cm³/mol. The van der Waals surface area contributed by atoms with Gasteiger partial charge in [0.15, 0.2) is 11.4 Å². The van der Waals surface area contributed by atoms with Crippen molar-refractivity contribution >= 4 is 22.7 Å². The summed E-state index contributed by atoms with van der Waals surface area (Å²) < 4.78 is 1.80. The maximum atomic E-state index is 13.0. The van der Waals surface area contributed by atoms with Gasteiger partial charge in [0.05, 0.1) is 23.7 Å². The molecule has 30 heavy (non-hydrogen) atoms. The number of allylic oxidation sites excluding steroid dienone is 3. The summed E-state index contributed by atoms with van der Waals surface area (Å²) in [5, 5.41) is 8.07. The molecule has 0 unspecified atom stereocenters. The molecule has 0 atom stereocenters. The van der Waals surface area contributed by atoms with Crippen molar-refractivity contribution in [2.45, 2.75) is 33.7 Å². The van der Waals surface area contributed by atoms with Crippen LogP contribution in [0.25, 0.3) is 11.0 Å². The predicted octanol–water partition coefficient (Wildman–Crippen LogP) is 3.75. The molecule has 152 valence electrons. The van der Waals surface area contributed by atoms with Crippen molar-refractivity contribution in [3.8, 4) is 0 Å². The maximum absolute atomic E-state index is 13.0. The van der Waals surface area contributed by atoms with E-state index in [1.165, 1.54) is 0 Å². The maximum Gasteiger partial charge on any atom is 0.252 e. The third-order valence-electron chi connectivity index (χ3n) is 5.30. The summed E-state index contributed by atoms with van der Waals surface area (Å²) in [5.41, 5.74) is 5.66. The number of hydrogen-bond donors (Lipinski definition) is 1. The smallest absolute Gasteiger partial charge is 0.252 e. The minimum Gasteiger partial charge on any atom is -0.348 e. The Morgan fingerprint density at radius 3 is 2.67 bits per heavy atom. The van der Waals surface area contributed by atoms with Crippen LogP contribution in [0, 0.1) is 6.92 Å². The number of fused-ring (bicyclic) bond motifs is 1. The Morgan fingerprint density at radius 2 is 1.93 bits per heavy atom. The molecule has 4 rings (SSSR count). The molecule has 3 aromatic rings. The van der Waals surface area contributed by atoms with E-state index in [-0.39, 0.29) is 18.2 Å². The molecule has 1 aliphatic carbocycles. The second-order valence-corrected chi connectivity index (χ2v) is 7.77. The lowest BCUT2D eigenvalue weighted by Crippen LogP contribution is -2.29. The Bertz CT molecular complexity index is 1200. The van der Waals surface area contributed by atoms with E-state index in [4.69, 9.17) is 0 Å². The van der Waals surface area contributed by atoms with E-state index in [0.29, 0.717) is 35.1 Å². The number of benzene rings is 1. The number of amides is 1. The second-order valence-electron chi connectivity index (χ2n) is 7.77. The molecule has 6 heteroatoms. The van der Waals surface area contributed by atoms with E-state index in [0.717, 1.165) is 22.4 Å². The van der Waals surface area contributed by atoms with E-state index in [1.807, 2.05) is 57.2 Å². The Morgan fingerprint density at radius 1 is 1.17 bits per heavy atom. The van der Waals surface area contributed by atoms with Gasteiger partial charge in [-0.15, -0.1) is 0 Å². The van der Waals surface area contributed by atoms with E-state index in [9.17, 15) is 9.59 Å². The number of hydrogen-bond acceptors (Lipinski definition) is 4. The van der Waals surface area contributed by atoms with Crippen molar-refractivity contribution in [1.29, 1.82) is 0 Å². The molecule has 1 aromatic carbocycles. The lowest BCUT2D eigenvalue weighted by atomic mass is 9.92. The molecule has 6 nitrogen and oxygen atoms in total. The van der Waals surface area contributed by atoms with Gasteiger partial charge >= 0.3 is 0 Å². The van der Waals surface area contributed by atoms with Crippen LogP contribution in [-0.2, 0) is 11.3 Å². The molecule has 0 fully saturated rings. The molecular weight excluding hydrogens is 376 g/mol. The summed E-state index contributed by atoms with van der Waals surface area (Å²) in [5.74, 6) is -0.163. The first kappa shape index (κ1) is 19.8. The highest BCUT2D eigenvalue weighted by molar-refractivity contribution is 6.06. The van der Waals surface area contributed by atoms with Gasteiger partial charge in [-0.2, -0.15) is 5.10 Å². The largest absolute Gasteiger partial charge is 0.348 e. The molecule has 1 N–H and O–H groups in total. The zero-order valence-electron chi connectivity index (χ0n) is 17.4. The van der Waals surface area contributed by atoms with Gasteiger partial charge in [0.25, 0.3) is 5.91 Å². The SMILES string of the molecule is CC1=CC(C)=C(CNC(=O)c2cc(C)nc3c2cnn3Cc2ccccc2)C(=O)C1. The number of nitrogens with zero attached hydrogens (tertiary/aromatic N) is 3. The van der Waals surface area contributed by atoms with Crippen molar-refractivity contribution in [3.05, 3.63) is 82.2 Å². The van der Waals surface area contributed by atoms with Gasteiger partial charge in [0.1, 0.15) is 0 Å². The fourth-order valence-electron chi connectivity index (χ4n) is 3.82. The van der Waals surface area contributed by atoms with Gasteiger partial charge in [0, 0.05) is 24.2 Å². The van der Waals surface area contributed by atoms with Crippen LogP contribution in [-0.4, -0.2) is 33.0 Å². The molecule has 1 aliphatic rings. The Labute approximate surface area is 175 Å². The van der Waals surface area contributed by atoms with Crippen LogP contribution in [0.5, 0.6) is 0 Å². The number of carbonyl (C=O) groups excluding carboxylic acids is 2. The normalized spacial score (nSPS) is 14.2. The van der Waals surface area contributed by atoms with Crippen molar-refractivity contribution in [3.63, 3.8) is 0 Å². The van der Waals surface area contributed by atoms with E-state index in [2.05, 4.69) is 15.4 Å². The lowest BCUT2D eigenvalue weighted by molar-refractivity contribution is -0.115. The highest BCUT2D eigenvalue weighted by atomic mass is 16.2. The van der Waals surface area contributed by atoms with Crippen LogP contribution in [0.15, 0.2) is 65.4 Å². The van der Waals surface area contributed by atoms with Gasteiger partial charge in [-0.1, -0.05) is 42.0 Å². The summed E-state index contributed by atoms with van der Waals surface area (Å²) in [6, 6.07) is 11.8. The monoisotopic (exact) mass is 400 g/mol. The van der Waals surface area contributed by atoms with E-state index in [1.54, 1.807) is 16.9 Å². The van der Waals surface area contributed by atoms with Crippen molar-refractivity contribution in [2.75, 3.05) is 6.54 Å². The molecule has 2 heterocycles. The third-order valence-corrected chi connectivity index (χ3v) is 5.30. The molecule has 0 saturated heterocycles. The summed E-state index contributed by atoms with van der Waals surface area (Å²) >= 11 is 0. The van der Waals surface area contributed by atoms with Crippen LogP contribution < -0.4 is 5.32 Å². The number of rotatable bonds is 5.